The minimum Gasteiger partial charge on any atom is -0.396 e. The van der Waals surface area contributed by atoms with Crippen LogP contribution in [-0.4, -0.2) is 49.5 Å². The van der Waals surface area contributed by atoms with Gasteiger partial charge in [-0.2, -0.15) is 0 Å². The molecule has 1 heterocycles. The molecule has 1 rings (SSSR count). The van der Waals surface area contributed by atoms with Gasteiger partial charge in [-0.05, 0) is 25.3 Å². The second kappa shape index (κ2) is 6.72. The van der Waals surface area contributed by atoms with Crippen LogP contribution in [0.4, 0.5) is 0 Å². The Morgan fingerprint density at radius 1 is 1.47 bits per heavy atom. The molecule has 102 valence electrons. The Morgan fingerprint density at radius 2 is 2.18 bits per heavy atom. The molecule has 1 fully saturated rings. The number of hydrogen-bond acceptors (Lipinski definition) is 3. The molecule has 3 nitrogen and oxygen atoms in total. The Balaban J connectivity index is 2.50. The van der Waals surface area contributed by atoms with E-state index in [1.54, 1.807) is 0 Å². The molecule has 0 aromatic heterocycles. The van der Waals surface area contributed by atoms with Crippen molar-refractivity contribution in [2.24, 2.45) is 11.3 Å². The Hall–Kier alpha value is -0.120. The van der Waals surface area contributed by atoms with E-state index in [9.17, 15) is 5.11 Å². The molecular formula is C14H29NO2. The predicted octanol–water partition coefficient (Wildman–Crippen LogP) is 2.14. The molecule has 0 aromatic rings. The third-order valence-corrected chi connectivity index (χ3v) is 4.12. The van der Waals surface area contributed by atoms with Gasteiger partial charge in [-0.3, -0.25) is 0 Å². The summed E-state index contributed by atoms with van der Waals surface area (Å²) < 4.78 is 5.54. The Morgan fingerprint density at radius 3 is 2.71 bits per heavy atom. The average molecular weight is 243 g/mol. The first-order valence-corrected chi connectivity index (χ1v) is 6.90. The lowest BCUT2D eigenvalue weighted by Crippen LogP contribution is -2.48. The van der Waals surface area contributed by atoms with E-state index in [1.807, 2.05) is 7.11 Å². The lowest BCUT2D eigenvalue weighted by molar-refractivity contribution is -0.0242. The summed E-state index contributed by atoms with van der Waals surface area (Å²) in [5.41, 5.74) is 0.0492. The Bertz CT molecular complexity index is 222. The number of rotatable bonds is 6. The summed E-state index contributed by atoms with van der Waals surface area (Å²) in [5.74, 6) is 0.655. The normalized spacial score (nSPS) is 30.2. The number of aliphatic hydroxyl groups is 1. The van der Waals surface area contributed by atoms with Gasteiger partial charge in [0.2, 0.25) is 0 Å². The van der Waals surface area contributed by atoms with Crippen LogP contribution in [0.5, 0.6) is 0 Å². The fourth-order valence-electron chi connectivity index (χ4n) is 2.90. The molecule has 0 spiro atoms. The van der Waals surface area contributed by atoms with Gasteiger partial charge in [0.1, 0.15) is 0 Å². The van der Waals surface area contributed by atoms with Crippen LogP contribution in [0, 0.1) is 11.3 Å². The molecule has 0 bridgehead atoms. The van der Waals surface area contributed by atoms with Gasteiger partial charge in [0.25, 0.3) is 0 Å². The molecule has 0 saturated carbocycles. The smallest absolute Gasteiger partial charge is 0.0724 e. The molecule has 0 amide bonds. The Labute approximate surface area is 106 Å². The number of piperidine rings is 1. The van der Waals surface area contributed by atoms with Crippen LogP contribution in [-0.2, 0) is 4.74 Å². The number of methoxy groups -OCH3 is 1. The summed E-state index contributed by atoms with van der Waals surface area (Å²) in [4.78, 5) is 2.46. The van der Waals surface area contributed by atoms with Gasteiger partial charge in [-0.25, -0.2) is 0 Å². The number of ether oxygens (including phenoxy) is 1. The average Bonchev–Trinajstić information content (AvgIpc) is 2.32. The molecule has 1 N–H and O–H groups in total. The largest absolute Gasteiger partial charge is 0.396 e. The van der Waals surface area contributed by atoms with Gasteiger partial charge in [0, 0.05) is 32.2 Å². The summed E-state index contributed by atoms with van der Waals surface area (Å²) in [5, 5.41) is 9.56. The van der Waals surface area contributed by atoms with Crippen molar-refractivity contribution in [3.63, 3.8) is 0 Å². The highest BCUT2D eigenvalue weighted by Crippen LogP contribution is 2.27. The van der Waals surface area contributed by atoms with Crippen molar-refractivity contribution in [3.8, 4) is 0 Å². The first-order chi connectivity index (χ1) is 8.04. The molecule has 1 aliphatic rings. The van der Waals surface area contributed by atoms with Crippen LogP contribution < -0.4 is 0 Å². The summed E-state index contributed by atoms with van der Waals surface area (Å²) in [6, 6.07) is 0. The third kappa shape index (κ3) is 4.23. The number of likely N-dealkylation sites (tertiary alicyclic amines) is 1. The van der Waals surface area contributed by atoms with Crippen molar-refractivity contribution in [2.75, 3.05) is 33.4 Å². The molecule has 3 atom stereocenters. The number of hydrogen-bond donors (Lipinski definition) is 1. The lowest BCUT2D eigenvalue weighted by atomic mass is 9.84. The number of aliphatic hydroxyl groups excluding tert-OH is 1. The van der Waals surface area contributed by atoms with Gasteiger partial charge < -0.3 is 14.7 Å². The minimum absolute atomic E-state index is 0.0492. The lowest BCUT2D eigenvalue weighted by Gasteiger charge is -2.40. The van der Waals surface area contributed by atoms with E-state index in [4.69, 9.17) is 4.74 Å². The van der Waals surface area contributed by atoms with Crippen molar-refractivity contribution in [2.45, 2.75) is 46.1 Å². The highest BCUT2D eigenvalue weighted by Gasteiger charge is 2.31. The van der Waals surface area contributed by atoms with Crippen molar-refractivity contribution in [1.29, 1.82) is 0 Å². The van der Waals surface area contributed by atoms with Crippen molar-refractivity contribution >= 4 is 0 Å². The second-order valence-electron chi connectivity index (χ2n) is 5.99. The van der Waals surface area contributed by atoms with E-state index >= 15 is 0 Å². The fraction of sp³-hybridized carbons (Fsp3) is 1.00. The molecule has 0 radical (unpaired) electrons. The molecule has 1 aliphatic heterocycles. The first-order valence-electron chi connectivity index (χ1n) is 6.90. The fourth-order valence-corrected chi connectivity index (χ4v) is 2.90. The van der Waals surface area contributed by atoms with E-state index in [0.29, 0.717) is 12.0 Å². The zero-order valence-corrected chi connectivity index (χ0v) is 11.9. The van der Waals surface area contributed by atoms with Gasteiger partial charge in [0.05, 0.1) is 6.10 Å². The van der Waals surface area contributed by atoms with Crippen molar-refractivity contribution in [1.82, 2.24) is 4.90 Å². The quantitative estimate of drug-likeness (QED) is 0.776. The second-order valence-corrected chi connectivity index (χ2v) is 5.99. The van der Waals surface area contributed by atoms with Crippen LogP contribution in [0.2, 0.25) is 0 Å². The zero-order valence-electron chi connectivity index (χ0n) is 11.9. The minimum atomic E-state index is 0.0492. The van der Waals surface area contributed by atoms with Crippen molar-refractivity contribution < 1.29 is 9.84 Å². The van der Waals surface area contributed by atoms with Crippen LogP contribution in [0.3, 0.4) is 0 Å². The summed E-state index contributed by atoms with van der Waals surface area (Å²) in [6.45, 7) is 10.1. The molecule has 0 aromatic carbocycles. The van der Waals surface area contributed by atoms with Gasteiger partial charge in [-0.15, -0.1) is 0 Å². The van der Waals surface area contributed by atoms with Crippen LogP contribution in [0.15, 0.2) is 0 Å². The Kier molecular flexibility index (Phi) is 5.90. The van der Waals surface area contributed by atoms with E-state index < -0.39 is 0 Å². The molecule has 3 heteroatoms. The van der Waals surface area contributed by atoms with Gasteiger partial charge >= 0.3 is 0 Å². The summed E-state index contributed by atoms with van der Waals surface area (Å²) in [6.07, 6.45) is 3.78. The van der Waals surface area contributed by atoms with E-state index in [0.717, 1.165) is 32.5 Å². The molecule has 3 unspecified atom stereocenters. The maximum atomic E-state index is 9.56. The molecule has 0 aliphatic carbocycles. The molecule has 1 saturated heterocycles. The SMILES string of the molecule is CCCC(C)(CO)CN1CCC(C)C(OC)C1. The van der Waals surface area contributed by atoms with E-state index in [-0.39, 0.29) is 12.0 Å². The van der Waals surface area contributed by atoms with Gasteiger partial charge in [0.15, 0.2) is 0 Å². The van der Waals surface area contributed by atoms with Crippen molar-refractivity contribution in [3.05, 3.63) is 0 Å². The maximum absolute atomic E-state index is 9.56. The van der Waals surface area contributed by atoms with Crippen LogP contribution in [0.25, 0.3) is 0 Å². The van der Waals surface area contributed by atoms with Gasteiger partial charge in [-0.1, -0.05) is 27.2 Å². The standard InChI is InChI=1S/C14H29NO2/c1-5-7-14(3,11-16)10-15-8-6-12(2)13(9-15)17-4/h12-13,16H,5-11H2,1-4H3. The van der Waals surface area contributed by atoms with Crippen LogP contribution in [0.1, 0.15) is 40.0 Å². The van der Waals surface area contributed by atoms with E-state index in [2.05, 4.69) is 25.7 Å². The number of nitrogens with zero attached hydrogens (tertiary/aromatic N) is 1. The highest BCUT2D eigenvalue weighted by molar-refractivity contribution is 4.84. The predicted molar refractivity (Wildman–Crippen MR) is 71.1 cm³/mol. The first kappa shape index (κ1) is 14.9. The highest BCUT2D eigenvalue weighted by atomic mass is 16.5. The zero-order chi connectivity index (χ0) is 12.9. The summed E-state index contributed by atoms with van der Waals surface area (Å²) in [7, 11) is 1.81. The third-order valence-electron chi connectivity index (χ3n) is 4.12. The maximum Gasteiger partial charge on any atom is 0.0724 e. The monoisotopic (exact) mass is 243 g/mol. The molecule has 17 heavy (non-hydrogen) atoms. The topological polar surface area (TPSA) is 32.7 Å². The van der Waals surface area contributed by atoms with Crippen LogP contribution >= 0.6 is 0 Å². The van der Waals surface area contributed by atoms with E-state index in [1.165, 1.54) is 6.42 Å². The summed E-state index contributed by atoms with van der Waals surface area (Å²) >= 11 is 0. The molecular weight excluding hydrogens is 214 g/mol.